The van der Waals surface area contributed by atoms with Crippen LogP contribution in [0.15, 0.2) is 30.3 Å². The van der Waals surface area contributed by atoms with Crippen molar-refractivity contribution in [3.63, 3.8) is 0 Å². The summed E-state index contributed by atoms with van der Waals surface area (Å²) in [4.78, 5) is 23.4. The number of carbonyl (C=O) groups excluding carboxylic acids is 2. The van der Waals surface area contributed by atoms with E-state index in [1.165, 1.54) is 0 Å². The number of carbonyl (C=O) groups is 2. The average molecular weight is 276 g/mol. The number of rotatable bonds is 5. The number of benzene rings is 1. The van der Waals surface area contributed by atoms with E-state index in [1.54, 1.807) is 0 Å². The van der Waals surface area contributed by atoms with Crippen LogP contribution in [0.25, 0.3) is 0 Å². The van der Waals surface area contributed by atoms with Crippen LogP contribution in [-0.4, -0.2) is 24.1 Å². The molecule has 1 aliphatic heterocycles. The molecule has 0 aromatic heterocycles. The van der Waals surface area contributed by atoms with Gasteiger partial charge in [-0.2, -0.15) is 0 Å². The standard InChI is InChI=1S/C15H20N2O3/c1-2-6-12-9-13(14(18)16-12)17-15(19)20-10-11-7-4-3-5-8-11/h3-5,7-8,12-13H,2,6,9-10H2,1H3,(H,16,18)(H,17,19)/t12?,13-/m0/s1. The predicted octanol–water partition coefficient (Wildman–Crippen LogP) is 1.97. The highest BCUT2D eigenvalue weighted by Crippen LogP contribution is 2.13. The van der Waals surface area contributed by atoms with Gasteiger partial charge < -0.3 is 15.4 Å². The second-order valence-corrected chi connectivity index (χ2v) is 4.99. The molecule has 0 aliphatic carbocycles. The molecule has 2 rings (SSSR count). The van der Waals surface area contributed by atoms with Crippen LogP contribution in [0.5, 0.6) is 0 Å². The molecule has 108 valence electrons. The van der Waals surface area contributed by atoms with E-state index in [0.29, 0.717) is 6.42 Å². The second kappa shape index (κ2) is 6.93. The first-order chi connectivity index (χ1) is 9.69. The minimum atomic E-state index is -0.550. The van der Waals surface area contributed by atoms with Crippen LogP contribution >= 0.6 is 0 Å². The maximum atomic E-state index is 11.7. The summed E-state index contributed by atoms with van der Waals surface area (Å²) >= 11 is 0. The maximum Gasteiger partial charge on any atom is 0.408 e. The van der Waals surface area contributed by atoms with Crippen molar-refractivity contribution in [3.05, 3.63) is 35.9 Å². The van der Waals surface area contributed by atoms with E-state index in [0.717, 1.165) is 18.4 Å². The van der Waals surface area contributed by atoms with E-state index in [1.807, 2.05) is 30.3 Å². The fraction of sp³-hybridized carbons (Fsp3) is 0.467. The van der Waals surface area contributed by atoms with Crippen LogP contribution in [-0.2, 0) is 16.1 Å². The Morgan fingerprint density at radius 2 is 2.15 bits per heavy atom. The number of hydrogen-bond acceptors (Lipinski definition) is 3. The van der Waals surface area contributed by atoms with Crippen LogP contribution in [0.3, 0.4) is 0 Å². The van der Waals surface area contributed by atoms with E-state index in [9.17, 15) is 9.59 Å². The first-order valence-corrected chi connectivity index (χ1v) is 6.96. The van der Waals surface area contributed by atoms with E-state index in [-0.39, 0.29) is 18.6 Å². The lowest BCUT2D eigenvalue weighted by atomic mass is 10.1. The van der Waals surface area contributed by atoms with Crippen LogP contribution < -0.4 is 10.6 Å². The van der Waals surface area contributed by atoms with Crippen molar-refractivity contribution in [3.8, 4) is 0 Å². The van der Waals surface area contributed by atoms with Gasteiger partial charge in [-0.1, -0.05) is 43.7 Å². The molecular formula is C15H20N2O3. The van der Waals surface area contributed by atoms with Crippen molar-refractivity contribution < 1.29 is 14.3 Å². The zero-order valence-electron chi connectivity index (χ0n) is 11.6. The van der Waals surface area contributed by atoms with Gasteiger partial charge in [0, 0.05) is 6.04 Å². The topological polar surface area (TPSA) is 67.4 Å². The van der Waals surface area contributed by atoms with Gasteiger partial charge in [0.05, 0.1) is 0 Å². The average Bonchev–Trinajstić information content (AvgIpc) is 2.78. The number of ether oxygens (including phenoxy) is 1. The van der Waals surface area contributed by atoms with Gasteiger partial charge in [0.15, 0.2) is 0 Å². The Morgan fingerprint density at radius 3 is 2.85 bits per heavy atom. The number of alkyl carbamates (subject to hydrolysis) is 1. The monoisotopic (exact) mass is 276 g/mol. The molecule has 1 heterocycles. The molecule has 0 saturated carbocycles. The van der Waals surface area contributed by atoms with Gasteiger partial charge in [-0.3, -0.25) is 4.79 Å². The zero-order chi connectivity index (χ0) is 14.4. The normalized spacial score (nSPS) is 21.4. The predicted molar refractivity (Wildman–Crippen MR) is 75.0 cm³/mol. The van der Waals surface area contributed by atoms with Gasteiger partial charge in [0.1, 0.15) is 12.6 Å². The molecule has 1 fully saturated rings. The molecule has 0 spiro atoms. The summed E-state index contributed by atoms with van der Waals surface area (Å²) in [6, 6.07) is 9.12. The van der Waals surface area contributed by atoms with Gasteiger partial charge in [0.25, 0.3) is 0 Å². The summed E-state index contributed by atoms with van der Waals surface area (Å²) in [5, 5.41) is 5.49. The molecule has 5 nitrogen and oxygen atoms in total. The van der Waals surface area contributed by atoms with Crippen molar-refractivity contribution in [2.24, 2.45) is 0 Å². The summed E-state index contributed by atoms with van der Waals surface area (Å²) in [6.45, 7) is 2.28. The minimum Gasteiger partial charge on any atom is -0.445 e. The minimum absolute atomic E-state index is 0.125. The summed E-state index contributed by atoms with van der Waals surface area (Å²) in [7, 11) is 0. The quantitative estimate of drug-likeness (QED) is 0.864. The fourth-order valence-electron chi connectivity index (χ4n) is 2.32. The molecule has 5 heteroatoms. The van der Waals surface area contributed by atoms with Crippen LogP contribution in [0, 0.1) is 0 Å². The molecule has 2 amide bonds. The summed E-state index contributed by atoms with van der Waals surface area (Å²) in [6.07, 6.45) is 2.03. The van der Waals surface area contributed by atoms with Crippen molar-refractivity contribution in [1.29, 1.82) is 0 Å². The molecule has 1 saturated heterocycles. The third kappa shape index (κ3) is 3.98. The highest BCUT2D eigenvalue weighted by atomic mass is 16.5. The summed E-state index contributed by atoms with van der Waals surface area (Å²) in [5.74, 6) is -0.125. The number of amides is 2. The van der Waals surface area contributed by atoms with Crippen molar-refractivity contribution in [1.82, 2.24) is 10.6 Å². The lowest BCUT2D eigenvalue weighted by Gasteiger charge is -2.11. The van der Waals surface area contributed by atoms with Gasteiger partial charge in [0.2, 0.25) is 5.91 Å². The molecule has 20 heavy (non-hydrogen) atoms. The molecule has 2 atom stereocenters. The van der Waals surface area contributed by atoms with Gasteiger partial charge >= 0.3 is 6.09 Å². The van der Waals surface area contributed by atoms with Gasteiger partial charge in [-0.15, -0.1) is 0 Å². The first kappa shape index (κ1) is 14.4. The van der Waals surface area contributed by atoms with E-state index < -0.39 is 12.1 Å². The molecule has 1 aromatic rings. The van der Waals surface area contributed by atoms with Gasteiger partial charge in [-0.05, 0) is 18.4 Å². The molecular weight excluding hydrogens is 256 g/mol. The lowest BCUT2D eigenvalue weighted by molar-refractivity contribution is -0.121. The number of nitrogens with one attached hydrogen (secondary N) is 2. The molecule has 1 aromatic carbocycles. The maximum absolute atomic E-state index is 11.7. The Kier molecular flexibility index (Phi) is 4.98. The van der Waals surface area contributed by atoms with Gasteiger partial charge in [-0.25, -0.2) is 4.79 Å². The Bertz CT molecular complexity index is 461. The Hall–Kier alpha value is -2.04. The van der Waals surface area contributed by atoms with E-state index in [4.69, 9.17) is 4.74 Å². The third-order valence-electron chi connectivity index (χ3n) is 3.33. The Morgan fingerprint density at radius 1 is 1.40 bits per heavy atom. The highest BCUT2D eigenvalue weighted by molar-refractivity contribution is 5.87. The number of hydrogen-bond donors (Lipinski definition) is 2. The van der Waals surface area contributed by atoms with E-state index >= 15 is 0 Å². The Balaban J connectivity index is 1.76. The SMILES string of the molecule is CCCC1C[C@H](NC(=O)OCc2ccccc2)C(=O)N1. The first-order valence-electron chi connectivity index (χ1n) is 6.96. The third-order valence-corrected chi connectivity index (χ3v) is 3.33. The Labute approximate surface area is 118 Å². The molecule has 2 N–H and O–H groups in total. The fourth-order valence-corrected chi connectivity index (χ4v) is 2.32. The highest BCUT2D eigenvalue weighted by Gasteiger charge is 2.32. The largest absolute Gasteiger partial charge is 0.445 e. The lowest BCUT2D eigenvalue weighted by Crippen LogP contribution is -2.40. The molecule has 0 bridgehead atoms. The summed E-state index contributed by atoms with van der Waals surface area (Å²) < 4.78 is 5.10. The molecule has 1 aliphatic rings. The smallest absolute Gasteiger partial charge is 0.408 e. The second-order valence-electron chi connectivity index (χ2n) is 4.99. The zero-order valence-corrected chi connectivity index (χ0v) is 11.6. The van der Waals surface area contributed by atoms with Crippen LogP contribution in [0.2, 0.25) is 0 Å². The van der Waals surface area contributed by atoms with Crippen LogP contribution in [0.1, 0.15) is 31.7 Å². The molecule has 0 radical (unpaired) electrons. The van der Waals surface area contributed by atoms with Crippen molar-refractivity contribution in [2.45, 2.75) is 44.9 Å². The summed E-state index contributed by atoms with van der Waals surface area (Å²) in [5.41, 5.74) is 0.919. The van der Waals surface area contributed by atoms with Crippen molar-refractivity contribution in [2.75, 3.05) is 0 Å². The van der Waals surface area contributed by atoms with Crippen LogP contribution in [0.4, 0.5) is 4.79 Å². The van der Waals surface area contributed by atoms with E-state index in [2.05, 4.69) is 17.6 Å². The molecule has 1 unspecified atom stereocenters. The van der Waals surface area contributed by atoms with Crippen molar-refractivity contribution >= 4 is 12.0 Å².